The van der Waals surface area contributed by atoms with E-state index in [0.29, 0.717) is 12.1 Å². The second-order valence-electron chi connectivity index (χ2n) is 8.76. The highest BCUT2D eigenvalue weighted by atomic mass is 16.1. The Morgan fingerprint density at radius 2 is 1.77 bits per heavy atom. The molecule has 1 amide bonds. The molecule has 0 atom stereocenters. The van der Waals surface area contributed by atoms with Crippen molar-refractivity contribution in [2.45, 2.75) is 46.3 Å². The monoisotopic (exact) mass is 416 g/mol. The van der Waals surface area contributed by atoms with Gasteiger partial charge in [0.05, 0.1) is 0 Å². The zero-order valence-corrected chi connectivity index (χ0v) is 18.6. The molecule has 1 aliphatic heterocycles. The maximum absolute atomic E-state index is 12.6. The van der Waals surface area contributed by atoms with Crippen molar-refractivity contribution < 1.29 is 4.79 Å². The molecule has 5 nitrogen and oxygen atoms in total. The zero-order valence-electron chi connectivity index (χ0n) is 18.6. The predicted molar refractivity (Wildman–Crippen MR) is 124 cm³/mol. The quantitative estimate of drug-likeness (QED) is 0.621. The summed E-state index contributed by atoms with van der Waals surface area (Å²) in [5.74, 6) is 1.79. The molecule has 2 heterocycles. The first-order valence-electron chi connectivity index (χ1n) is 11.2. The van der Waals surface area contributed by atoms with E-state index in [4.69, 9.17) is 0 Å². The lowest BCUT2D eigenvalue weighted by Gasteiger charge is -2.30. The molecule has 1 aromatic heterocycles. The molecule has 1 aliphatic rings. The lowest BCUT2D eigenvalue weighted by Crippen LogP contribution is -2.32. The van der Waals surface area contributed by atoms with Crippen LogP contribution in [0.1, 0.15) is 52.6 Å². The highest BCUT2D eigenvalue weighted by molar-refractivity contribution is 5.94. The number of nitrogens with one attached hydrogen (secondary N) is 1. The van der Waals surface area contributed by atoms with Gasteiger partial charge in [0.2, 0.25) is 0 Å². The summed E-state index contributed by atoms with van der Waals surface area (Å²) in [6.07, 6.45) is 6.35. The maximum Gasteiger partial charge on any atom is 0.251 e. The van der Waals surface area contributed by atoms with Gasteiger partial charge >= 0.3 is 0 Å². The Labute approximate surface area is 185 Å². The molecule has 1 N–H and O–H groups in total. The van der Waals surface area contributed by atoms with Crippen LogP contribution >= 0.6 is 0 Å². The number of carbonyl (C=O) groups excluding carboxylic acids is 1. The van der Waals surface area contributed by atoms with Gasteiger partial charge in [-0.25, -0.2) is 4.98 Å². The molecule has 0 unspecified atom stereocenters. The molecule has 0 bridgehead atoms. The lowest BCUT2D eigenvalue weighted by molar-refractivity contribution is 0.0951. The standard InChI is InChI=1S/C26H32N4O/c1-20-10-13-29(14-11-20)18-24-5-3-4-23(16-24)17-28-26(31)25-8-6-22(7-9-25)19-30-15-12-27-21(30)2/h3-9,12,15-16,20H,10-11,13-14,17-19H2,1-2H3,(H,28,31). The van der Waals surface area contributed by atoms with Crippen molar-refractivity contribution in [2.24, 2.45) is 5.92 Å². The van der Waals surface area contributed by atoms with Crippen LogP contribution < -0.4 is 5.32 Å². The Balaban J connectivity index is 1.29. The van der Waals surface area contributed by atoms with Crippen molar-refractivity contribution in [3.8, 4) is 0 Å². The van der Waals surface area contributed by atoms with Crippen molar-refractivity contribution in [2.75, 3.05) is 13.1 Å². The lowest BCUT2D eigenvalue weighted by atomic mass is 9.98. The summed E-state index contributed by atoms with van der Waals surface area (Å²) in [6, 6.07) is 16.4. The van der Waals surface area contributed by atoms with E-state index in [0.717, 1.165) is 36.0 Å². The van der Waals surface area contributed by atoms with Crippen molar-refractivity contribution in [1.29, 1.82) is 0 Å². The minimum atomic E-state index is -0.0409. The van der Waals surface area contributed by atoms with Gasteiger partial charge in [0, 0.05) is 37.6 Å². The van der Waals surface area contributed by atoms with E-state index in [1.165, 1.54) is 31.5 Å². The third-order valence-corrected chi connectivity index (χ3v) is 6.22. The molecule has 0 radical (unpaired) electrons. The van der Waals surface area contributed by atoms with Crippen LogP contribution in [0.3, 0.4) is 0 Å². The number of aryl methyl sites for hydroxylation is 1. The van der Waals surface area contributed by atoms with Crippen molar-refractivity contribution in [1.82, 2.24) is 19.8 Å². The average molecular weight is 417 g/mol. The number of aromatic nitrogens is 2. The van der Waals surface area contributed by atoms with E-state index in [9.17, 15) is 4.79 Å². The molecular formula is C26H32N4O. The van der Waals surface area contributed by atoms with Gasteiger partial charge in [0.15, 0.2) is 0 Å². The number of nitrogens with zero attached hydrogens (tertiary/aromatic N) is 3. The third-order valence-electron chi connectivity index (χ3n) is 6.22. The van der Waals surface area contributed by atoms with Crippen LogP contribution in [-0.2, 0) is 19.6 Å². The van der Waals surface area contributed by atoms with E-state index in [1.54, 1.807) is 6.20 Å². The summed E-state index contributed by atoms with van der Waals surface area (Å²) < 4.78 is 2.09. The number of likely N-dealkylation sites (tertiary alicyclic amines) is 1. The summed E-state index contributed by atoms with van der Waals surface area (Å²) >= 11 is 0. The number of imidazole rings is 1. The maximum atomic E-state index is 12.6. The van der Waals surface area contributed by atoms with Crippen LogP contribution in [0, 0.1) is 12.8 Å². The van der Waals surface area contributed by atoms with E-state index >= 15 is 0 Å². The third kappa shape index (κ3) is 5.82. The van der Waals surface area contributed by atoms with Crippen LogP contribution in [0.2, 0.25) is 0 Å². The fourth-order valence-electron chi connectivity index (χ4n) is 4.13. The predicted octanol–water partition coefficient (Wildman–Crippen LogP) is 4.40. The van der Waals surface area contributed by atoms with Crippen LogP contribution in [0.25, 0.3) is 0 Å². The smallest absolute Gasteiger partial charge is 0.251 e. The van der Waals surface area contributed by atoms with Gasteiger partial charge in [-0.2, -0.15) is 0 Å². The van der Waals surface area contributed by atoms with Gasteiger partial charge in [-0.05, 0) is 67.6 Å². The molecule has 2 aromatic carbocycles. The molecule has 1 saturated heterocycles. The van der Waals surface area contributed by atoms with Crippen LogP contribution in [0.4, 0.5) is 0 Å². The first-order valence-corrected chi connectivity index (χ1v) is 11.2. The van der Waals surface area contributed by atoms with E-state index in [2.05, 4.69) is 51.0 Å². The number of rotatable bonds is 7. The van der Waals surface area contributed by atoms with Gasteiger partial charge in [-0.15, -0.1) is 0 Å². The number of carbonyl (C=O) groups is 1. The van der Waals surface area contributed by atoms with Crippen molar-refractivity contribution in [3.63, 3.8) is 0 Å². The highest BCUT2D eigenvalue weighted by Crippen LogP contribution is 2.18. The fourth-order valence-corrected chi connectivity index (χ4v) is 4.13. The highest BCUT2D eigenvalue weighted by Gasteiger charge is 2.15. The summed E-state index contributed by atoms with van der Waals surface area (Å²) in [6.45, 7) is 8.98. The number of piperidine rings is 1. The largest absolute Gasteiger partial charge is 0.348 e. The Hall–Kier alpha value is -2.92. The van der Waals surface area contributed by atoms with Gasteiger partial charge in [0.25, 0.3) is 5.91 Å². The fraction of sp³-hybridized carbons (Fsp3) is 0.385. The van der Waals surface area contributed by atoms with Gasteiger partial charge in [-0.3, -0.25) is 9.69 Å². The summed E-state index contributed by atoms with van der Waals surface area (Å²) in [4.78, 5) is 19.4. The topological polar surface area (TPSA) is 50.2 Å². The molecule has 31 heavy (non-hydrogen) atoms. The minimum absolute atomic E-state index is 0.0409. The minimum Gasteiger partial charge on any atom is -0.348 e. The SMILES string of the molecule is Cc1nccn1Cc1ccc(C(=O)NCc2cccc(CN3CCC(C)CC3)c2)cc1. The van der Waals surface area contributed by atoms with Crippen LogP contribution in [0.15, 0.2) is 60.9 Å². The molecule has 5 heteroatoms. The van der Waals surface area contributed by atoms with E-state index in [1.807, 2.05) is 37.4 Å². The number of hydrogen-bond acceptors (Lipinski definition) is 3. The summed E-state index contributed by atoms with van der Waals surface area (Å²) in [5, 5.41) is 3.06. The molecule has 4 rings (SSSR count). The molecular weight excluding hydrogens is 384 g/mol. The summed E-state index contributed by atoms with van der Waals surface area (Å²) in [7, 11) is 0. The first kappa shape index (κ1) is 21.3. The van der Waals surface area contributed by atoms with E-state index < -0.39 is 0 Å². The molecule has 1 fully saturated rings. The molecule has 3 aromatic rings. The Morgan fingerprint density at radius 3 is 2.48 bits per heavy atom. The van der Waals surface area contributed by atoms with Crippen molar-refractivity contribution >= 4 is 5.91 Å². The molecule has 162 valence electrons. The second-order valence-corrected chi connectivity index (χ2v) is 8.76. The van der Waals surface area contributed by atoms with Crippen LogP contribution in [0.5, 0.6) is 0 Å². The van der Waals surface area contributed by atoms with E-state index in [-0.39, 0.29) is 5.91 Å². The van der Waals surface area contributed by atoms with Gasteiger partial charge < -0.3 is 9.88 Å². The van der Waals surface area contributed by atoms with Crippen molar-refractivity contribution in [3.05, 3.63) is 89.0 Å². The molecule has 0 spiro atoms. The second kappa shape index (κ2) is 9.92. The van der Waals surface area contributed by atoms with Gasteiger partial charge in [-0.1, -0.05) is 43.3 Å². The number of benzene rings is 2. The number of amides is 1. The Morgan fingerprint density at radius 1 is 1.03 bits per heavy atom. The Kier molecular flexibility index (Phi) is 6.82. The van der Waals surface area contributed by atoms with Crippen LogP contribution in [-0.4, -0.2) is 33.4 Å². The first-order chi connectivity index (χ1) is 15.1. The van der Waals surface area contributed by atoms with Gasteiger partial charge in [0.1, 0.15) is 5.82 Å². The molecule has 0 aliphatic carbocycles. The zero-order chi connectivity index (χ0) is 21.6. The normalized spacial score (nSPS) is 15.2. The average Bonchev–Trinajstić information content (AvgIpc) is 3.19. The Bertz CT molecular complexity index is 1000. The molecule has 0 saturated carbocycles. The number of hydrogen-bond donors (Lipinski definition) is 1. The summed E-state index contributed by atoms with van der Waals surface area (Å²) in [5.41, 5.74) is 4.30.